The summed E-state index contributed by atoms with van der Waals surface area (Å²) in [5, 5.41) is 11.8. The molecule has 0 unspecified atom stereocenters. The quantitative estimate of drug-likeness (QED) is 0.504. The van der Waals surface area contributed by atoms with Gasteiger partial charge in [-0.3, -0.25) is 14.4 Å². The van der Waals surface area contributed by atoms with E-state index >= 15 is 0 Å². The van der Waals surface area contributed by atoms with Crippen LogP contribution in [0.5, 0.6) is 0 Å². The third-order valence-corrected chi connectivity index (χ3v) is 3.45. The molecule has 0 spiro atoms. The van der Waals surface area contributed by atoms with Crippen molar-refractivity contribution < 1.29 is 24.2 Å². The van der Waals surface area contributed by atoms with Crippen LogP contribution in [0.4, 0.5) is 0 Å². The zero-order valence-corrected chi connectivity index (χ0v) is 12.4. The molecule has 0 aliphatic heterocycles. The molecule has 7 heteroatoms. The van der Waals surface area contributed by atoms with Gasteiger partial charge in [0.2, 0.25) is 11.8 Å². The van der Waals surface area contributed by atoms with Gasteiger partial charge >= 0.3 is 5.97 Å². The van der Waals surface area contributed by atoms with Gasteiger partial charge in [-0.1, -0.05) is 12.2 Å². The number of aliphatic carboxylic acids is 1. The molecule has 1 rings (SSSR count). The second kappa shape index (κ2) is 8.41. The summed E-state index contributed by atoms with van der Waals surface area (Å²) < 4.78 is 4.81. The van der Waals surface area contributed by atoms with Crippen molar-refractivity contribution in [2.24, 2.45) is 11.8 Å². The van der Waals surface area contributed by atoms with Crippen LogP contribution in [0.25, 0.3) is 0 Å². The Bertz CT molecular complexity index is 422. The van der Waals surface area contributed by atoms with E-state index < -0.39 is 17.8 Å². The van der Waals surface area contributed by atoms with Crippen molar-refractivity contribution in [2.45, 2.75) is 12.8 Å². The fourth-order valence-electron chi connectivity index (χ4n) is 2.28. The first-order chi connectivity index (χ1) is 9.97. The highest BCUT2D eigenvalue weighted by atomic mass is 16.5. The van der Waals surface area contributed by atoms with E-state index in [4.69, 9.17) is 9.84 Å². The van der Waals surface area contributed by atoms with Crippen molar-refractivity contribution in [1.82, 2.24) is 10.2 Å². The van der Waals surface area contributed by atoms with E-state index in [9.17, 15) is 14.4 Å². The van der Waals surface area contributed by atoms with Crippen LogP contribution in [0.1, 0.15) is 12.8 Å². The van der Waals surface area contributed by atoms with Gasteiger partial charge in [-0.05, 0) is 12.8 Å². The van der Waals surface area contributed by atoms with Crippen LogP contribution in [-0.2, 0) is 19.1 Å². The summed E-state index contributed by atoms with van der Waals surface area (Å²) in [5.74, 6) is -2.91. The lowest BCUT2D eigenvalue weighted by Crippen LogP contribution is -2.44. The van der Waals surface area contributed by atoms with Crippen LogP contribution >= 0.6 is 0 Å². The average Bonchev–Trinajstić information content (AvgIpc) is 2.46. The van der Waals surface area contributed by atoms with Crippen LogP contribution in [0, 0.1) is 11.8 Å². The van der Waals surface area contributed by atoms with E-state index in [0.29, 0.717) is 26.0 Å². The van der Waals surface area contributed by atoms with Gasteiger partial charge in [-0.25, -0.2) is 0 Å². The smallest absolute Gasteiger partial charge is 0.307 e. The maximum Gasteiger partial charge on any atom is 0.307 e. The van der Waals surface area contributed by atoms with Crippen molar-refractivity contribution in [3.63, 3.8) is 0 Å². The first-order valence-corrected chi connectivity index (χ1v) is 6.85. The molecule has 0 aromatic rings. The monoisotopic (exact) mass is 298 g/mol. The number of methoxy groups -OCH3 is 1. The fraction of sp³-hybridized carbons (Fsp3) is 0.643. The molecule has 21 heavy (non-hydrogen) atoms. The number of carbonyl (C=O) groups excluding carboxylic acids is 2. The van der Waals surface area contributed by atoms with Gasteiger partial charge in [-0.15, -0.1) is 0 Å². The minimum Gasteiger partial charge on any atom is -0.481 e. The Balaban J connectivity index is 2.54. The standard InChI is InChI=1S/C14H22N2O5/c1-16(9-12(17)15-7-8-21-2)13(18)10-5-3-4-6-11(10)14(19)20/h3-4,10-11H,5-9H2,1-2H3,(H,15,17)(H,19,20)/t10-,11+/m1/s1. The largest absolute Gasteiger partial charge is 0.481 e. The normalized spacial score (nSPS) is 20.9. The molecule has 2 N–H and O–H groups in total. The van der Waals surface area contributed by atoms with E-state index in [1.54, 1.807) is 6.08 Å². The number of carbonyl (C=O) groups is 3. The maximum atomic E-state index is 12.3. The molecule has 118 valence electrons. The predicted octanol–water partition coefficient (Wildman–Crippen LogP) is -0.126. The zero-order chi connectivity index (χ0) is 15.8. The number of hydrogen-bond donors (Lipinski definition) is 2. The van der Waals surface area contributed by atoms with Gasteiger partial charge < -0.3 is 20.1 Å². The van der Waals surface area contributed by atoms with Gasteiger partial charge in [0.1, 0.15) is 0 Å². The van der Waals surface area contributed by atoms with Crippen LogP contribution in [0.15, 0.2) is 12.2 Å². The van der Waals surface area contributed by atoms with Crippen molar-refractivity contribution in [3.8, 4) is 0 Å². The molecule has 0 heterocycles. The predicted molar refractivity (Wildman–Crippen MR) is 75.5 cm³/mol. The molecule has 2 atom stereocenters. The van der Waals surface area contributed by atoms with E-state index in [2.05, 4.69) is 5.32 Å². The second-order valence-corrected chi connectivity index (χ2v) is 5.03. The lowest BCUT2D eigenvalue weighted by molar-refractivity contribution is -0.150. The Kier molecular flexibility index (Phi) is 6.87. The first-order valence-electron chi connectivity index (χ1n) is 6.85. The van der Waals surface area contributed by atoms with E-state index in [0.717, 1.165) is 0 Å². The summed E-state index contributed by atoms with van der Waals surface area (Å²) >= 11 is 0. The summed E-state index contributed by atoms with van der Waals surface area (Å²) in [6.07, 6.45) is 4.33. The lowest BCUT2D eigenvalue weighted by Gasteiger charge is -2.28. The molecular formula is C14H22N2O5. The molecular weight excluding hydrogens is 276 g/mol. The minimum absolute atomic E-state index is 0.0882. The van der Waals surface area contributed by atoms with E-state index in [1.807, 2.05) is 6.08 Å². The lowest BCUT2D eigenvalue weighted by atomic mass is 9.82. The SMILES string of the molecule is COCCNC(=O)CN(C)C(=O)[C@@H]1CC=CC[C@@H]1C(=O)O. The third kappa shape index (κ3) is 5.18. The number of nitrogens with zero attached hydrogens (tertiary/aromatic N) is 1. The number of amides is 2. The highest BCUT2D eigenvalue weighted by molar-refractivity contribution is 5.88. The highest BCUT2D eigenvalue weighted by Crippen LogP contribution is 2.27. The number of carboxylic acid groups (broad SMARTS) is 1. The number of hydrogen-bond acceptors (Lipinski definition) is 4. The van der Waals surface area contributed by atoms with Gasteiger partial charge in [0.25, 0.3) is 0 Å². The highest BCUT2D eigenvalue weighted by Gasteiger charge is 2.35. The molecule has 0 aromatic heterocycles. The summed E-state index contributed by atoms with van der Waals surface area (Å²) in [5.41, 5.74) is 0. The summed E-state index contributed by atoms with van der Waals surface area (Å²) in [6.45, 7) is 0.689. The Morgan fingerprint density at radius 3 is 2.48 bits per heavy atom. The van der Waals surface area contributed by atoms with Gasteiger partial charge in [-0.2, -0.15) is 0 Å². The first kappa shape index (κ1) is 17.2. The number of carboxylic acids is 1. The Morgan fingerprint density at radius 2 is 1.90 bits per heavy atom. The molecule has 1 aliphatic carbocycles. The van der Waals surface area contributed by atoms with Crippen LogP contribution < -0.4 is 5.32 Å². The number of allylic oxidation sites excluding steroid dienone is 2. The Morgan fingerprint density at radius 1 is 1.29 bits per heavy atom. The molecule has 0 saturated heterocycles. The van der Waals surface area contributed by atoms with E-state index in [-0.39, 0.29) is 18.4 Å². The van der Waals surface area contributed by atoms with Gasteiger partial charge in [0.15, 0.2) is 0 Å². The van der Waals surface area contributed by atoms with Crippen molar-refractivity contribution >= 4 is 17.8 Å². The Labute approximate surface area is 123 Å². The molecule has 0 radical (unpaired) electrons. The van der Waals surface area contributed by atoms with Crippen LogP contribution in [0.2, 0.25) is 0 Å². The number of nitrogens with one attached hydrogen (secondary N) is 1. The molecule has 0 bridgehead atoms. The summed E-state index contributed by atoms with van der Waals surface area (Å²) in [6, 6.07) is 0. The maximum absolute atomic E-state index is 12.3. The molecule has 0 saturated carbocycles. The topological polar surface area (TPSA) is 95.9 Å². The summed E-state index contributed by atoms with van der Waals surface area (Å²) in [4.78, 5) is 36.4. The number of ether oxygens (including phenoxy) is 1. The molecule has 0 aromatic carbocycles. The molecule has 1 aliphatic rings. The van der Waals surface area contributed by atoms with Crippen molar-refractivity contribution in [2.75, 3.05) is 33.9 Å². The van der Waals surface area contributed by atoms with Gasteiger partial charge in [0.05, 0.1) is 25.0 Å². The van der Waals surface area contributed by atoms with Crippen molar-refractivity contribution in [3.05, 3.63) is 12.2 Å². The molecule has 7 nitrogen and oxygen atoms in total. The van der Waals surface area contributed by atoms with Crippen LogP contribution in [0.3, 0.4) is 0 Å². The fourth-order valence-corrected chi connectivity index (χ4v) is 2.28. The van der Waals surface area contributed by atoms with Crippen molar-refractivity contribution in [1.29, 1.82) is 0 Å². The number of rotatable bonds is 7. The average molecular weight is 298 g/mol. The zero-order valence-electron chi connectivity index (χ0n) is 12.4. The van der Waals surface area contributed by atoms with Crippen LogP contribution in [-0.4, -0.2) is 61.6 Å². The number of likely N-dealkylation sites (N-methyl/N-ethyl adjacent to an activating group) is 1. The summed E-state index contributed by atoms with van der Waals surface area (Å²) in [7, 11) is 3.04. The third-order valence-electron chi connectivity index (χ3n) is 3.45. The van der Waals surface area contributed by atoms with Gasteiger partial charge in [0, 0.05) is 20.7 Å². The Hall–Kier alpha value is -1.89. The molecule has 2 amide bonds. The second-order valence-electron chi connectivity index (χ2n) is 5.03. The van der Waals surface area contributed by atoms with E-state index in [1.165, 1.54) is 19.1 Å². The minimum atomic E-state index is -0.976. The molecule has 0 fully saturated rings.